The highest BCUT2D eigenvalue weighted by Gasteiger charge is 2.31. The van der Waals surface area contributed by atoms with Gasteiger partial charge in [0.15, 0.2) is 0 Å². The van der Waals surface area contributed by atoms with E-state index in [1.54, 1.807) is 0 Å². The monoisotopic (exact) mass is 217 g/mol. The van der Waals surface area contributed by atoms with Crippen molar-refractivity contribution in [2.24, 2.45) is 11.7 Å². The van der Waals surface area contributed by atoms with E-state index >= 15 is 0 Å². The zero-order valence-electron chi connectivity index (χ0n) is 9.78. The minimum atomic E-state index is -0.166. The molecule has 0 aromatic heterocycles. The number of carbonyl (C=O) groups excluding carboxylic acids is 1. The van der Waals surface area contributed by atoms with Gasteiger partial charge < -0.3 is 5.73 Å². The summed E-state index contributed by atoms with van der Waals surface area (Å²) in [7, 11) is 0. The fraction of sp³-hybridized carbons (Fsp3) is 0.500. The van der Waals surface area contributed by atoms with Gasteiger partial charge in [0, 0.05) is 0 Å². The van der Waals surface area contributed by atoms with Gasteiger partial charge in [-0.3, -0.25) is 4.79 Å². The average molecular weight is 217 g/mol. The minimum absolute atomic E-state index is 0.0799. The number of benzene rings is 1. The molecule has 1 aromatic rings. The van der Waals surface area contributed by atoms with Crippen molar-refractivity contribution in [3.8, 4) is 0 Å². The standard InChI is InChI=1S/C14H19NO/c1-10-6-2-5-9-12(10)13(14(15)16)11-7-3-4-8-11/h2,5-6,9,11,13H,3-4,7-8H2,1H3,(H2,15,16). The molecular formula is C14H19NO. The smallest absolute Gasteiger partial charge is 0.225 e. The summed E-state index contributed by atoms with van der Waals surface area (Å²) in [5.74, 6) is 0.212. The van der Waals surface area contributed by atoms with E-state index in [1.807, 2.05) is 18.2 Å². The molecule has 16 heavy (non-hydrogen) atoms. The highest BCUT2D eigenvalue weighted by Crippen LogP contribution is 2.38. The summed E-state index contributed by atoms with van der Waals surface area (Å²) in [4.78, 5) is 11.7. The fourth-order valence-corrected chi connectivity index (χ4v) is 2.87. The van der Waals surface area contributed by atoms with Crippen LogP contribution in [0.2, 0.25) is 0 Å². The first-order chi connectivity index (χ1) is 7.70. The molecule has 1 atom stereocenters. The molecule has 2 rings (SSSR count). The molecule has 1 unspecified atom stereocenters. The van der Waals surface area contributed by atoms with Crippen LogP contribution < -0.4 is 5.73 Å². The summed E-state index contributed by atoms with van der Waals surface area (Å²) in [6.45, 7) is 2.06. The van der Waals surface area contributed by atoms with E-state index in [9.17, 15) is 4.79 Å². The summed E-state index contributed by atoms with van der Waals surface area (Å²) in [6, 6.07) is 8.10. The Balaban J connectivity index is 2.32. The molecule has 2 nitrogen and oxygen atoms in total. The summed E-state index contributed by atoms with van der Waals surface area (Å²) in [6.07, 6.45) is 4.75. The molecule has 1 saturated carbocycles. The van der Waals surface area contributed by atoms with Gasteiger partial charge in [-0.2, -0.15) is 0 Å². The van der Waals surface area contributed by atoms with Crippen molar-refractivity contribution in [1.82, 2.24) is 0 Å². The number of nitrogens with two attached hydrogens (primary N) is 1. The maximum absolute atomic E-state index is 11.7. The van der Waals surface area contributed by atoms with Crippen LogP contribution in [0.5, 0.6) is 0 Å². The second-order valence-corrected chi connectivity index (χ2v) is 4.78. The Labute approximate surface area is 96.8 Å². The first kappa shape index (κ1) is 11.2. The third-order valence-electron chi connectivity index (χ3n) is 3.70. The van der Waals surface area contributed by atoms with Crippen LogP contribution in [0.3, 0.4) is 0 Å². The molecule has 2 N–H and O–H groups in total. The highest BCUT2D eigenvalue weighted by atomic mass is 16.1. The maximum Gasteiger partial charge on any atom is 0.225 e. The van der Waals surface area contributed by atoms with E-state index < -0.39 is 0 Å². The summed E-state index contributed by atoms with van der Waals surface area (Å²) >= 11 is 0. The summed E-state index contributed by atoms with van der Waals surface area (Å²) in [5, 5.41) is 0. The molecule has 0 saturated heterocycles. The third-order valence-corrected chi connectivity index (χ3v) is 3.70. The Morgan fingerprint density at radius 1 is 1.31 bits per heavy atom. The molecule has 1 aliphatic rings. The van der Waals surface area contributed by atoms with E-state index in [4.69, 9.17) is 5.73 Å². The number of hydrogen-bond donors (Lipinski definition) is 1. The van der Waals surface area contributed by atoms with Gasteiger partial charge in [0.1, 0.15) is 0 Å². The number of amides is 1. The zero-order chi connectivity index (χ0) is 11.5. The van der Waals surface area contributed by atoms with Crippen LogP contribution in [0.25, 0.3) is 0 Å². The first-order valence-electron chi connectivity index (χ1n) is 6.05. The van der Waals surface area contributed by atoms with Crippen molar-refractivity contribution in [1.29, 1.82) is 0 Å². The van der Waals surface area contributed by atoms with Crippen LogP contribution >= 0.6 is 0 Å². The normalized spacial score (nSPS) is 18.6. The molecular weight excluding hydrogens is 198 g/mol. The number of rotatable bonds is 3. The van der Waals surface area contributed by atoms with Crippen molar-refractivity contribution >= 4 is 5.91 Å². The van der Waals surface area contributed by atoms with Crippen molar-refractivity contribution in [2.75, 3.05) is 0 Å². The summed E-state index contributed by atoms with van der Waals surface area (Å²) < 4.78 is 0. The van der Waals surface area contributed by atoms with Crippen molar-refractivity contribution in [3.63, 3.8) is 0 Å². The van der Waals surface area contributed by atoms with Crippen LogP contribution in [0, 0.1) is 12.8 Å². The fourth-order valence-electron chi connectivity index (χ4n) is 2.87. The van der Waals surface area contributed by atoms with E-state index in [-0.39, 0.29) is 11.8 Å². The van der Waals surface area contributed by atoms with Crippen LogP contribution in [0.4, 0.5) is 0 Å². The van der Waals surface area contributed by atoms with Gasteiger partial charge in [0.25, 0.3) is 0 Å². The van der Waals surface area contributed by atoms with Crippen molar-refractivity contribution in [2.45, 2.75) is 38.5 Å². The molecule has 1 amide bonds. The number of aryl methyl sites for hydroxylation is 1. The predicted octanol–water partition coefficient (Wildman–Crippen LogP) is 2.75. The van der Waals surface area contributed by atoms with Gasteiger partial charge >= 0.3 is 0 Å². The van der Waals surface area contributed by atoms with E-state index in [0.29, 0.717) is 5.92 Å². The van der Waals surface area contributed by atoms with Gasteiger partial charge in [0.05, 0.1) is 5.92 Å². The maximum atomic E-state index is 11.7. The molecule has 2 heteroatoms. The number of primary amides is 1. The van der Waals surface area contributed by atoms with Crippen molar-refractivity contribution < 1.29 is 4.79 Å². The van der Waals surface area contributed by atoms with Crippen LogP contribution in [0.1, 0.15) is 42.7 Å². The molecule has 0 radical (unpaired) electrons. The molecule has 1 aromatic carbocycles. The van der Waals surface area contributed by atoms with Gasteiger partial charge in [-0.15, -0.1) is 0 Å². The number of hydrogen-bond acceptors (Lipinski definition) is 1. The van der Waals surface area contributed by atoms with E-state index in [1.165, 1.54) is 18.4 Å². The number of carbonyl (C=O) groups is 1. The SMILES string of the molecule is Cc1ccccc1C(C(N)=O)C1CCCC1. The largest absolute Gasteiger partial charge is 0.369 e. The van der Waals surface area contributed by atoms with Gasteiger partial charge in [-0.05, 0) is 36.8 Å². The molecule has 0 aliphatic heterocycles. The highest BCUT2D eigenvalue weighted by molar-refractivity contribution is 5.82. The Kier molecular flexibility index (Phi) is 3.28. The molecule has 0 spiro atoms. The lowest BCUT2D eigenvalue weighted by Crippen LogP contribution is -2.27. The van der Waals surface area contributed by atoms with Gasteiger partial charge in [0.2, 0.25) is 5.91 Å². The topological polar surface area (TPSA) is 43.1 Å². The molecule has 86 valence electrons. The van der Waals surface area contributed by atoms with Crippen LogP contribution in [0.15, 0.2) is 24.3 Å². The van der Waals surface area contributed by atoms with Crippen LogP contribution in [-0.4, -0.2) is 5.91 Å². The molecule has 0 heterocycles. The Morgan fingerprint density at radius 3 is 2.50 bits per heavy atom. The molecule has 0 bridgehead atoms. The Bertz CT molecular complexity index is 380. The predicted molar refractivity (Wildman–Crippen MR) is 65.1 cm³/mol. The van der Waals surface area contributed by atoms with Crippen molar-refractivity contribution in [3.05, 3.63) is 35.4 Å². The lowest BCUT2D eigenvalue weighted by atomic mass is 9.82. The van der Waals surface area contributed by atoms with Crippen LogP contribution in [-0.2, 0) is 4.79 Å². The Morgan fingerprint density at radius 2 is 1.94 bits per heavy atom. The third kappa shape index (κ3) is 2.11. The summed E-state index contributed by atoms with van der Waals surface area (Å²) in [5.41, 5.74) is 7.88. The second-order valence-electron chi connectivity index (χ2n) is 4.78. The second kappa shape index (κ2) is 4.69. The lowest BCUT2D eigenvalue weighted by molar-refractivity contribution is -0.120. The average Bonchev–Trinajstić information content (AvgIpc) is 2.74. The van der Waals surface area contributed by atoms with E-state index in [0.717, 1.165) is 18.4 Å². The minimum Gasteiger partial charge on any atom is -0.369 e. The van der Waals surface area contributed by atoms with E-state index in [2.05, 4.69) is 13.0 Å². The lowest BCUT2D eigenvalue weighted by Gasteiger charge is -2.22. The molecule has 1 fully saturated rings. The Hall–Kier alpha value is -1.31. The zero-order valence-corrected chi connectivity index (χ0v) is 9.78. The quantitative estimate of drug-likeness (QED) is 0.831. The van der Waals surface area contributed by atoms with Gasteiger partial charge in [-0.1, -0.05) is 37.1 Å². The van der Waals surface area contributed by atoms with Gasteiger partial charge in [-0.25, -0.2) is 0 Å². The first-order valence-corrected chi connectivity index (χ1v) is 6.05. The molecule has 1 aliphatic carbocycles.